The number of aryl methyl sites for hydroxylation is 1. The smallest absolute Gasteiger partial charge is 0.310 e. The van der Waals surface area contributed by atoms with E-state index in [2.05, 4.69) is 0 Å². The van der Waals surface area contributed by atoms with Gasteiger partial charge >= 0.3 is 5.97 Å². The average Bonchev–Trinajstić information content (AvgIpc) is 2.09. The molecule has 0 saturated carbocycles. The van der Waals surface area contributed by atoms with Crippen LogP contribution >= 0.6 is 11.6 Å². The van der Waals surface area contributed by atoms with Gasteiger partial charge in [0.15, 0.2) is 0 Å². The van der Waals surface area contributed by atoms with E-state index in [1.165, 1.54) is 19.1 Å². The van der Waals surface area contributed by atoms with E-state index in [1.807, 2.05) is 0 Å². The highest BCUT2D eigenvalue weighted by molar-refractivity contribution is 6.32. The van der Waals surface area contributed by atoms with Gasteiger partial charge in [0.1, 0.15) is 5.75 Å². The summed E-state index contributed by atoms with van der Waals surface area (Å²) in [7, 11) is 0. The van der Waals surface area contributed by atoms with E-state index < -0.39 is 11.9 Å². The van der Waals surface area contributed by atoms with Gasteiger partial charge in [-0.1, -0.05) is 11.6 Å². The Morgan fingerprint density at radius 1 is 1.50 bits per heavy atom. The molecule has 1 unspecified atom stereocenters. The molecular weight excluding hydrogens is 204 g/mol. The van der Waals surface area contributed by atoms with E-state index in [0.29, 0.717) is 16.1 Å². The number of hydrogen-bond acceptors (Lipinski definition) is 2. The minimum atomic E-state index is -0.961. The van der Waals surface area contributed by atoms with Crippen molar-refractivity contribution in [1.29, 1.82) is 0 Å². The zero-order chi connectivity index (χ0) is 10.9. The fraction of sp³-hybridized carbons (Fsp3) is 0.300. The Morgan fingerprint density at radius 2 is 2.07 bits per heavy atom. The lowest BCUT2D eigenvalue weighted by molar-refractivity contribution is -0.138. The van der Waals surface area contributed by atoms with Crippen LogP contribution in [0.2, 0.25) is 5.02 Å². The van der Waals surface area contributed by atoms with E-state index in [4.69, 9.17) is 16.7 Å². The summed E-state index contributed by atoms with van der Waals surface area (Å²) >= 11 is 5.93. The highest BCUT2D eigenvalue weighted by Crippen LogP contribution is 2.31. The maximum absolute atomic E-state index is 10.7. The molecule has 4 heteroatoms. The van der Waals surface area contributed by atoms with Crippen molar-refractivity contribution in [2.45, 2.75) is 19.8 Å². The molecule has 0 aliphatic rings. The van der Waals surface area contributed by atoms with Crippen LogP contribution in [-0.4, -0.2) is 16.2 Å². The van der Waals surface area contributed by atoms with Crippen molar-refractivity contribution >= 4 is 17.6 Å². The molecule has 0 heterocycles. The van der Waals surface area contributed by atoms with Gasteiger partial charge in [0.25, 0.3) is 0 Å². The molecule has 2 N–H and O–H groups in total. The van der Waals surface area contributed by atoms with E-state index in [1.54, 1.807) is 6.92 Å². The van der Waals surface area contributed by atoms with E-state index in [9.17, 15) is 9.90 Å². The maximum Gasteiger partial charge on any atom is 0.310 e. The van der Waals surface area contributed by atoms with Crippen molar-refractivity contribution in [3.63, 3.8) is 0 Å². The molecule has 0 radical (unpaired) electrons. The summed E-state index contributed by atoms with van der Waals surface area (Å²) in [4.78, 5) is 10.7. The topological polar surface area (TPSA) is 57.5 Å². The van der Waals surface area contributed by atoms with E-state index in [-0.39, 0.29) is 5.75 Å². The third kappa shape index (κ3) is 1.99. The monoisotopic (exact) mass is 214 g/mol. The SMILES string of the molecule is Cc1cc(O)cc(C(C)C(=O)O)c1Cl. The number of benzene rings is 1. The molecule has 1 aromatic carbocycles. The van der Waals surface area contributed by atoms with Gasteiger partial charge in [0.05, 0.1) is 5.92 Å². The Hall–Kier alpha value is -1.22. The van der Waals surface area contributed by atoms with Crippen LogP contribution in [0.4, 0.5) is 0 Å². The molecular formula is C10H11ClO3. The molecule has 1 aromatic rings. The van der Waals surface area contributed by atoms with Crippen molar-refractivity contribution in [3.05, 3.63) is 28.3 Å². The number of carboxylic acids is 1. The first-order valence-corrected chi connectivity index (χ1v) is 4.53. The van der Waals surface area contributed by atoms with Crippen molar-refractivity contribution in [3.8, 4) is 5.75 Å². The Labute approximate surface area is 86.9 Å². The van der Waals surface area contributed by atoms with Crippen molar-refractivity contribution in [2.24, 2.45) is 0 Å². The fourth-order valence-corrected chi connectivity index (χ4v) is 1.50. The fourth-order valence-electron chi connectivity index (χ4n) is 1.23. The predicted octanol–water partition coefficient (Wildman–Crippen LogP) is 2.54. The number of carboxylic acid groups (broad SMARTS) is 1. The molecule has 76 valence electrons. The highest BCUT2D eigenvalue weighted by atomic mass is 35.5. The minimum absolute atomic E-state index is 0.0370. The normalized spacial score (nSPS) is 12.5. The third-order valence-electron chi connectivity index (χ3n) is 2.10. The third-order valence-corrected chi connectivity index (χ3v) is 2.62. The van der Waals surface area contributed by atoms with Gasteiger partial charge in [-0.3, -0.25) is 4.79 Å². The lowest BCUT2D eigenvalue weighted by Crippen LogP contribution is -2.08. The maximum atomic E-state index is 10.7. The molecule has 1 atom stereocenters. The van der Waals surface area contributed by atoms with Gasteiger partial charge in [-0.15, -0.1) is 0 Å². The van der Waals surface area contributed by atoms with Crippen LogP contribution in [0.1, 0.15) is 24.0 Å². The highest BCUT2D eigenvalue weighted by Gasteiger charge is 2.18. The van der Waals surface area contributed by atoms with Gasteiger partial charge in [-0.05, 0) is 37.1 Å². The predicted molar refractivity (Wildman–Crippen MR) is 53.9 cm³/mol. The van der Waals surface area contributed by atoms with Gasteiger partial charge < -0.3 is 10.2 Å². The van der Waals surface area contributed by atoms with Crippen molar-refractivity contribution in [2.75, 3.05) is 0 Å². The number of carbonyl (C=O) groups is 1. The second-order valence-electron chi connectivity index (χ2n) is 3.23. The number of aromatic hydroxyl groups is 1. The second-order valence-corrected chi connectivity index (χ2v) is 3.60. The first-order chi connectivity index (χ1) is 6.43. The number of phenolic OH excluding ortho intramolecular Hbond substituents is 1. The molecule has 14 heavy (non-hydrogen) atoms. The number of rotatable bonds is 2. The molecule has 0 amide bonds. The summed E-state index contributed by atoms with van der Waals surface area (Å²) in [6.45, 7) is 3.25. The molecule has 0 fully saturated rings. The van der Waals surface area contributed by atoms with Crippen LogP contribution in [0, 0.1) is 6.92 Å². The molecule has 0 aromatic heterocycles. The number of halogens is 1. The second kappa shape index (κ2) is 3.88. The zero-order valence-electron chi connectivity index (χ0n) is 7.91. The largest absolute Gasteiger partial charge is 0.508 e. The number of aliphatic carboxylic acids is 1. The van der Waals surface area contributed by atoms with Crippen molar-refractivity contribution in [1.82, 2.24) is 0 Å². The van der Waals surface area contributed by atoms with Crippen molar-refractivity contribution < 1.29 is 15.0 Å². The average molecular weight is 215 g/mol. The lowest BCUT2D eigenvalue weighted by atomic mass is 9.99. The molecule has 0 aliphatic heterocycles. The zero-order valence-corrected chi connectivity index (χ0v) is 8.67. The Morgan fingerprint density at radius 3 is 2.57 bits per heavy atom. The van der Waals surface area contributed by atoms with Crippen LogP contribution in [0.5, 0.6) is 5.75 Å². The summed E-state index contributed by atoms with van der Waals surface area (Å²) in [6.07, 6.45) is 0. The first kappa shape index (κ1) is 10.9. The van der Waals surface area contributed by atoms with Crippen LogP contribution in [-0.2, 0) is 4.79 Å². The van der Waals surface area contributed by atoms with Gasteiger partial charge in [0.2, 0.25) is 0 Å². The molecule has 3 nitrogen and oxygen atoms in total. The first-order valence-electron chi connectivity index (χ1n) is 4.15. The number of phenols is 1. The summed E-state index contributed by atoms with van der Waals surface area (Å²) in [5.74, 6) is -1.64. The number of hydrogen-bond donors (Lipinski definition) is 2. The molecule has 0 spiro atoms. The molecule has 0 bridgehead atoms. The molecule has 1 rings (SSSR count). The summed E-state index contributed by atoms with van der Waals surface area (Å²) in [5, 5.41) is 18.5. The summed E-state index contributed by atoms with van der Waals surface area (Å²) in [5.41, 5.74) is 1.12. The van der Waals surface area contributed by atoms with Crippen LogP contribution < -0.4 is 0 Å². The lowest BCUT2D eigenvalue weighted by Gasteiger charge is -2.11. The van der Waals surface area contributed by atoms with Crippen LogP contribution in [0.15, 0.2) is 12.1 Å². The van der Waals surface area contributed by atoms with Gasteiger partial charge in [-0.25, -0.2) is 0 Å². The van der Waals surface area contributed by atoms with E-state index in [0.717, 1.165) is 0 Å². The van der Waals surface area contributed by atoms with E-state index >= 15 is 0 Å². The van der Waals surface area contributed by atoms with Crippen LogP contribution in [0.25, 0.3) is 0 Å². The Bertz CT molecular complexity index is 374. The van der Waals surface area contributed by atoms with Gasteiger partial charge in [0, 0.05) is 5.02 Å². The minimum Gasteiger partial charge on any atom is -0.508 e. The van der Waals surface area contributed by atoms with Gasteiger partial charge in [-0.2, -0.15) is 0 Å². The van der Waals surface area contributed by atoms with Crippen LogP contribution in [0.3, 0.4) is 0 Å². The molecule has 0 aliphatic carbocycles. The molecule has 0 saturated heterocycles. The Kier molecular flexibility index (Phi) is 3.01. The summed E-state index contributed by atoms with van der Waals surface area (Å²) in [6, 6.07) is 2.88. The summed E-state index contributed by atoms with van der Waals surface area (Å²) < 4.78 is 0. The standard InChI is InChI=1S/C10H11ClO3/c1-5-3-7(12)4-8(9(5)11)6(2)10(13)14/h3-4,6,12H,1-2H3,(H,13,14). The Balaban J connectivity index is 3.26. The quantitative estimate of drug-likeness (QED) is 0.796.